The van der Waals surface area contributed by atoms with E-state index in [4.69, 9.17) is 4.74 Å². The molecule has 27 heavy (non-hydrogen) atoms. The van der Waals surface area contributed by atoms with Gasteiger partial charge in [0.25, 0.3) is 0 Å². The third kappa shape index (κ3) is 2.84. The Bertz CT molecular complexity index is 1030. The van der Waals surface area contributed by atoms with Gasteiger partial charge in [-0.2, -0.15) is 0 Å². The Labute approximate surface area is 156 Å². The predicted molar refractivity (Wildman–Crippen MR) is 101 cm³/mol. The van der Waals surface area contributed by atoms with Gasteiger partial charge in [0.15, 0.2) is 5.65 Å². The van der Waals surface area contributed by atoms with Gasteiger partial charge in [-0.3, -0.25) is 4.90 Å². The van der Waals surface area contributed by atoms with Gasteiger partial charge >= 0.3 is 0 Å². The highest BCUT2D eigenvalue weighted by atomic mass is 19.1. The zero-order valence-electron chi connectivity index (χ0n) is 14.9. The van der Waals surface area contributed by atoms with E-state index in [1.165, 1.54) is 6.07 Å². The van der Waals surface area contributed by atoms with Gasteiger partial charge in [-0.05, 0) is 49.7 Å². The number of nitrogens with one attached hydrogen (secondary N) is 1. The van der Waals surface area contributed by atoms with Crippen LogP contribution in [0.1, 0.15) is 12.8 Å². The Morgan fingerprint density at radius 1 is 1.22 bits per heavy atom. The van der Waals surface area contributed by atoms with Crippen LogP contribution in [0.3, 0.4) is 0 Å². The van der Waals surface area contributed by atoms with Crippen LogP contribution in [-0.4, -0.2) is 45.2 Å². The molecule has 138 valence electrons. The van der Waals surface area contributed by atoms with E-state index in [1.54, 1.807) is 22.8 Å². The first-order valence-electron chi connectivity index (χ1n) is 9.18. The van der Waals surface area contributed by atoms with Crippen molar-refractivity contribution >= 4 is 11.5 Å². The summed E-state index contributed by atoms with van der Waals surface area (Å²) in [6.07, 6.45) is 3.76. The van der Waals surface area contributed by atoms with Crippen LogP contribution in [0.4, 0.5) is 10.2 Å². The molecular formula is C20H20FN5O. The van der Waals surface area contributed by atoms with Gasteiger partial charge in [0.1, 0.15) is 23.1 Å². The molecule has 1 N–H and O–H groups in total. The molecule has 6 nitrogen and oxygen atoms in total. The van der Waals surface area contributed by atoms with Gasteiger partial charge in [0, 0.05) is 18.7 Å². The second-order valence-corrected chi connectivity index (χ2v) is 6.96. The van der Waals surface area contributed by atoms with Crippen LogP contribution in [0.25, 0.3) is 16.9 Å². The molecule has 4 heterocycles. The van der Waals surface area contributed by atoms with E-state index in [0.717, 1.165) is 38.3 Å². The Balaban J connectivity index is 1.65. The number of nitrogens with zero attached hydrogens (tertiary/aromatic N) is 4. The second-order valence-electron chi connectivity index (χ2n) is 6.96. The maximum Gasteiger partial charge on any atom is 0.154 e. The molecule has 3 aromatic rings. The number of ether oxygens (including phenoxy) is 1. The fraction of sp³-hybridized carbons (Fsp3) is 0.300. The molecule has 0 amide bonds. The van der Waals surface area contributed by atoms with Crippen LogP contribution < -0.4 is 10.1 Å². The Hall–Kier alpha value is -2.93. The summed E-state index contributed by atoms with van der Waals surface area (Å²) in [5, 5.41) is 7.95. The van der Waals surface area contributed by atoms with Gasteiger partial charge in [-0.15, -0.1) is 5.10 Å². The van der Waals surface area contributed by atoms with E-state index in [0.29, 0.717) is 28.4 Å². The lowest BCUT2D eigenvalue weighted by molar-refractivity contribution is 0.236. The van der Waals surface area contributed by atoms with E-state index in [9.17, 15) is 4.39 Å². The van der Waals surface area contributed by atoms with Crippen LogP contribution in [0.15, 0.2) is 48.9 Å². The van der Waals surface area contributed by atoms with Crippen LogP contribution in [0, 0.1) is 5.82 Å². The van der Waals surface area contributed by atoms with Gasteiger partial charge in [0.05, 0.1) is 17.9 Å². The van der Waals surface area contributed by atoms with E-state index in [1.807, 2.05) is 12.1 Å². The minimum atomic E-state index is -0.343. The number of aromatic nitrogens is 3. The number of rotatable bonds is 0. The number of imidazole rings is 1. The zero-order chi connectivity index (χ0) is 18.4. The molecule has 7 heteroatoms. The fourth-order valence-electron chi connectivity index (χ4n) is 3.92. The van der Waals surface area contributed by atoms with Gasteiger partial charge < -0.3 is 10.1 Å². The monoisotopic (exact) mass is 365 g/mol. The fourth-order valence-corrected chi connectivity index (χ4v) is 3.92. The standard InChI is InChI=1S/C20H20FN5O/c1-13-17-3-2-9-25(17)10-8-22-19-6-7-20-23-12-18(26(20)24-19)15-11-14(27-13)4-5-16(15)21/h4-7,11-12,17H,1-3,8-10H2,(H,22,24)/t17-/m0/s1. The molecule has 0 radical (unpaired) electrons. The van der Waals surface area contributed by atoms with Crippen molar-refractivity contribution in [1.82, 2.24) is 19.5 Å². The quantitative estimate of drug-likeness (QED) is 0.662. The number of hydrogen-bond acceptors (Lipinski definition) is 5. The van der Waals surface area contributed by atoms with Gasteiger partial charge in [-0.25, -0.2) is 13.9 Å². The Kier molecular flexibility index (Phi) is 3.82. The maximum atomic E-state index is 14.6. The van der Waals surface area contributed by atoms with E-state index in [2.05, 4.69) is 26.9 Å². The van der Waals surface area contributed by atoms with E-state index in [-0.39, 0.29) is 11.9 Å². The van der Waals surface area contributed by atoms with E-state index >= 15 is 0 Å². The highest BCUT2D eigenvalue weighted by Crippen LogP contribution is 2.31. The summed E-state index contributed by atoms with van der Waals surface area (Å²) < 4.78 is 22.3. The van der Waals surface area contributed by atoms with Crippen molar-refractivity contribution in [2.45, 2.75) is 18.9 Å². The molecule has 4 bridgehead atoms. The number of fused-ring (bicyclic) bond motifs is 5. The first-order valence-corrected chi connectivity index (χ1v) is 9.18. The van der Waals surface area contributed by atoms with Crippen molar-refractivity contribution in [1.29, 1.82) is 0 Å². The third-order valence-electron chi connectivity index (χ3n) is 5.27. The Morgan fingerprint density at radius 3 is 3.07 bits per heavy atom. The van der Waals surface area contributed by atoms with Crippen molar-refractivity contribution in [3.8, 4) is 17.0 Å². The second kappa shape index (κ2) is 6.35. The molecule has 0 saturated carbocycles. The summed E-state index contributed by atoms with van der Waals surface area (Å²) in [5.41, 5.74) is 1.65. The van der Waals surface area contributed by atoms with Crippen LogP contribution >= 0.6 is 0 Å². The molecular weight excluding hydrogens is 345 g/mol. The van der Waals surface area contributed by atoms with Gasteiger partial charge in [0.2, 0.25) is 0 Å². The van der Waals surface area contributed by atoms with Crippen molar-refractivity contribution in [2.75, 3.05) is 25.0 Å². The molecule has 1 atom stereocenters. The number of anilines is 1. The van der Waals surface area contributed by atoms with E-state index < -0.39 is 0 Å². The number of hydrogen-bond donors (Lipinski definition) is 1. The maximum absolute atomic E-state index is 14.6. The highest BCUT2D eigenvalue weighted by molar-refractivity contribution is 5.66. The molecule has 2 aliphatic rings. The Morgan fingerprint density at radius 2 is 2.15 bits per heavy atom. The summed E-state index contributed by atoms with van der Waals surface area (Å²) in [4.78, 5) is 6.71. The number of halogens is 1. The van der Waals surface area contributed by atoms with Crippen LogP contribution in [0.2, 0.25) is 0 Å². The molecule has 2 aromatic heterocycles. The van der Waals surface area contributed by atoms with Crippen LogP contribution in [0.5, 0.6) is 5.75 Å². The normalized spacial score (nSPS) is 20.2. The SMILES string of the molecule is C=C1Oc2ccc(F)c(c2)-c2cnc3ccc(nn23)NCCN2CCC[C@@H]12. The van der Waals surface area contributed by atoms with Crippen molar-refractivity contribution in [2.24, 2.45) is 0 Å². The molecule has 5 rings (SSSR count). The minimum Gasteiger partial charge on any atom is -0.461 e. The minimum absolute atomic E-state index is 0.171. The molecule has 2 aliphatic heterocycles. The molecule has 0 spiro atoms. The first kappa shape index (κ1) is 16.3. The summed E-state index contributed by atoms with van der Waals surface area (Å²) in [7, 11) is 0. The largest absolute Gasteiger partial charge is 0.461 e. The van der Waals surface area contributed by atoms with Crippen molar-refractivity contribution in [3.05, 3.63) is 54.7 Å². The topological polar surface area (TPSA) is 54.7 Å². The summed E-state index contributed by atoms with van der Waals surface area (Å²) >= 11 is 0. The lowest BCUT2D eigenvalue weighted by atomic mass is 10.1. The lowest BCUT2D eigenvalue weighted by Gasteiger charge is -2.26. The average molecular weight is 365 g/mol. The lowest BCUT2D eigenvalue weighted by Crippen LogP contribution is -2.36. The number of benzene rings is 1. The average Bonchev–Trinajstić information content (AvgIpc) is 3.29. The molecule has 1 saturated heterocycles. The summed E-state index contributed by atoms with van der Waals surface area (Å²) in [6, 6.07) is 8.69. The molecule has 0 aliphatic carbocycles. The van der Waals surface area contributed by atoms with Crippen molar-refractivity contribution < 1.29 is 9.13 Å². The summed E-state index contributed by atoms with van der Waals surface area (Å²) in [5.74, 6) is 1.67. The molecule has 0 unspecified atom stereocenters. The molecule has 1 fully saturated rings. The van der Waals surface area contributed by atoms with Crippen molar-refractivity contribution in [3.63, 3.8) is 0 Å². The van der Waals surface area contributed by atoms with Gasteiger partial charge in [-0.1, -0.05) is 6.58 Å². The first-order chi connectivity index (χ1) is 13.2. The molecule has 1 aromatic carbocycles. The third-order valence-corrected chi connectivity index (χ3v) is 5.27. The summed E-state index contributed by atoms with van der Waals surface area (Å²) in [6.45, 7) is 6.79. The highest BCUT2D eigenvalue weighted by Gasteiger charge is 2.28. The van der Waals surface area contributed by atoms with Crippen LogP contribution in [-0.2, 0) is 0 Å². The predicted octanol–water partition coefficient (Wildman–Crippen LogP) is 3.32. The zero-order valence-corrected chi connectivity index (χ0v) is 14.9. The smallest absolute Gasteiger partial charge is 0.154 e.